The van der Waals surface area contributed by atoms with Crippen molar-refractivity contribution in [3.63, 3.8) is 0 Å². The van der Waals surface area contributed by atoms with E-state index in [4.69, 9.17) is 4.74 Å². The number of carbonyl (C=O) groups is 2. The number of fused-ring (bicyclic) bond motifs is 4. The van der Waals surface area contributed by atoms with Crippen molar-refractivity contribution < 1.29 is 14.3 Å². The van der Waals surface area contributed by atoms with E-state index in [2.05, 4.69) is 31.1 Å². The Morgan fingerprint density at radius 2 is 2.06 bits per heavy atom. The number of anilines is 1. The van der Waals surface area contributed by atoms with Crippen molar-refractivity contribution in [2.24, 2.45) is 11.3 Å². The summed E-state index contributed by atoms with van der Waals surface area (Å²) in [4.78, 5) is 42.0. The lowest BCUT2D eigenvalue weighted by molar-refractivity contribution is -0.121. The van der Waals surface area contributed by atoms with E-state index in [0.29, 0.717) is 39.7 Å². The number of benzene rings is 1. The van der Waals surface area contributed by atoms with Crippen molar-refractivity contribution >= 4 is 38.9 Å². The molecule has 0 saturated carbocycles. The summed E-state index contributed by atoms with van der Waals surface area (Å²) in [5, 5.41) is 8.97. The molecule has 1 unspecified atom stereocenters. The van der Waals surface area contributed by atoms with E-state index in [0.717, 1.165) is 29.5 Å². The van der Waals surface area contributed by atoms with E-state index in [1.54, 1.807) is 34.4 Å². The third kappa shape index (κ3) is 3.81. The van der Waals surface area contributed by atoms with Gasteiger partial charge in [-0.3, -0.25) is 14.4 Å². The van der Waals surface area contributed by atoms with Crippen LogP contribution < -0.4 is 15.2 Å². The van der Waals surface area contributed by atoms with Crippen LogP contribution in [0, 0.1) is 11.3 Å². The van der Waals surface area contributed by atoms with Gasteiger partial charge in [0.05, 0.1) is 11.1 Å². The number of carbonyl (C=O) groups excluding carboxylic acids is 2. The Kier molecular flexibility index (Phi) is 5.55. The van der Waals surface area contributed by atoms with Crippen molar-refractivity contribution in [1.82, 2.24) is 15.0 Å². The Labute approximate surface area is 201 Å². The van der Waals surface area contributed by atoms with Crippen LogP contribution in [-0.4, -0.2) is 39.8 Å². The summed E-state index contributed by atoms with van der Waals surface area (Å²) >= 11 is 1.55. The second-order valence-electron chi connectivity index (χ2n) is 10.1. The van der Waals surface area contributed by atoms with E-state index in [-0.39, 0.29) is 35.8 Å². The minimum Gasteiger partial charge on any atom is -0.482 e. The first-order chi connectivity index (χ1) is 16.2. The molecule has 34 heavy (non-hydrogen) atoms. The number of ether oxygens (including phenoxy) is 1. The summed E-state index contributed by atoms with van der Waals surface area (Å²) in [7, 11) is 0. The molecule has 0 N–H and O–H groups in total. The highest BCUT2D eigenvalue weighted by Gasteiger charge is 2.32. The first kappa shape index (κ1) is 22.7. The molecule has 1 amide bonds. The number of amides is 1. The van der Waals surface area contributed by atoms with Gasteiger partial charge in [-0.15, -0.1) is 16.4 Å². The number of aryl methyl sites for hydroxylation is 1. The second-order valence-corrected chi connectivity index (χ2v) is 11.2. The van der Waals surface area contributed by atoms with Crippen LogP contribution in [0.1, 0.15) is 54.9 Å². The monoisotopic (exact) mass is 480 g/mol. The van der Waals surface area contributed by atoms with E-state index in [9.17, 15) is 14.4 Å². The van der Waals surface area contributed by atoms with Gasteiger partial charge in [0.1, 0.15) is 12.3 Å². The molecular formula is C25H28N4O4S. The van der Waals surface area contributed by atoms with Gasteiger partial charge in [-0.1, -0.05) is 26.0 Å². The number of likely N-dealkylation sites (N-methyl/N-ethyl adjacent to an activating group) is 1. The van der Waals surface area contributed by atoms with Gasteiger partial charge in [-0.2, -0.15) is 0 Å². The molecule has 2 aliphatic rings. The van der Waals surface area contributed by atoms with Crippen molar-refractivity contribution in [3.05, 3.63) is 44.6 Å². The third-order valence-corrected chi connectivity index (χ3v) is 8.14. The zero-order valence-corrected chi connectivity index (χ0v) is 20.7. The smallest absolute Gasteiger partial charge is 0.279 e. The lowest BCUT2D eigenvalue weighted by atomic mass is 9.72. The van der Waals surface area contributed by atoms with Crippen molar-refractivity contribution in [2.45, 2.75) is 53.5 Å². The standard InChI is InChI=1S/C25H28N4O4S/c1-5-28-17-10-14(6-9-19(17)33-13-21(28)31)18(30)12-29-24(32)22-16-8-7-15(25(2,3)4)11-20(16)34-23(22)26-27-29/h6,9-10,15H,5,7-8,11-13H2,1-4H3. The number of hydrogen-bond acceptors (Lipinski definition) is 7. The average Bonchev–Trinajstić information content (AvgIpc) is 3.18. The fourth-order valence-corrected chi connectivity index (χ4v) is 6.15. The largest absolute Gasteiger partial charge is 0.482 e. The molecule has 0 bridgehead atoms. The summed E-state index contributed by atoms with van der Waals surface area (Å²) in [5.74, 6) is 0.704. The zero-order chi connectivity index (χ0) is 24.2. The molecule has 3 heterocycles. The molecule has 9 heteroatoms. The Morgan fingerprint density at radius 1 is 1.26 bits per heavy atom. The first-order valence-electron chi connectivity index (χ1n) is 11.7. The summed E-state index contributed by atoms with van der Waals surface area (Å²) in [6.45, 7) is 8.91. The van der Waals surface area contributed by atoms with Gasteiger partial charge in [0.2, 0.25) is 0 Å². The summed E-state index contributed by atoms with van der Waals surface area (Å²) in [6, 6.07) is 4.99. The Bertz CT molecular complexity index is 1370. The van der Waals surface area contributed by atoms with E-state index >= 15 is 0 Å². The maximum absolute atomic E-state index is 13.3. The fourth-order valence-electron chi connectivity index (χ4n) is 4.92. The fraction of sp³-hybridized carbons (Fsp3) is 0.480. The molecule has 3 aromatic rings. The van der Waals surface area contributed by atoms with Crippen LogP contribution in [0.2, 0.25) is 0 Å². The molecule has 5 rings (SSSR count). The van der Waals surface area contributed by atoms with Gasteiger partial charge in [-0.05, 0) is 61.3 Å². The molecule has 1 atom stereocenters. The van der Waals surface area contributed by atoms with Crippen LogP contribution in [0.5, 0.6) is 5.75 Å². The Balaban J connectivity index is 1.45. The van der Waals surface area contributed by atoms with Crippen LogP contribution in [0.4, 0.5) is 5.69 Å². The average molecular weight is 481 g/mol. The minimum absolute atomic E-state index is 0.0133. The van der Waals surface area contributed by atoms with Crippen molar-refractivity contribution in [3.8, 4) is 5.75 Å². The maximum atomic E-state index is 13.3. The molecular weight excluding hydrogens is 452 g/mol. The number of aromatic nitrogens is 3. The van der Waals surface area contributed by atoms with Gasteiger partial charge >= 0.3 is 0 Å². The highest BCUT2D eigenvalue weighted by atomic mass is 32.1. The normalized spacial score (nSPS) is 17.9. The van der Waals surface area contributed by atoms with Crippen LogP contribution in [-0.2, 0) is 24.2 Å². The molecule has 0 fully saturated rings. The summed E-state index contributed by atoms with van der Waals surface area (Å²) in [6.07, 6.45) is 2.83. The van der Waals surface area contributed by atoms with Crippen LogP contribution in [0.3, 0.4) is 0 Å². The van der Waals surface area contributed by atoms with E-state index < -0.39 is 0 Å². The van der Waals surface area contributed by atoms with Crippen LogP contribution >= 0.6 is 11.3 Å². The van der Waals surface area contributed by atoms with Gasteiger partial charge in [0.15, 0.2) is 17.2 Å². The molecule has 0 radical (unpaired) electrons. The topological polar surface area (TPSA) is 94.4 Å². The SMILES string of the molecule is CCN1C(=O)COc2ccc(C(=O)Cn3nnc4sc5c(c4c3=O)CCC(C(C)(C)C)C5)cc21. The molecule has 178 valence electrons. The summed E-state index contributed by atoms with van der Waals surface area (Å²) in [5.41, 5.74) is 1.98. The van der Waals surface area contributed by atoms with E-state index in [1.165, 1.54) is 4.88 Å². The Morgan fingerprint density at radius 3 is 2.79 bits per heavy atom. The maximum Gasteiger partial charge on any atom is 0.279 e. The van der Waals surface area contributed by atoms with Gasteiger partial charge in [-0.25, -0.2) is 4.68 Å². The zero-order valence-electron chi connectivity index (χ0n) is 19.9. The minimum atomic E-state index is -0.274. The quantitative estimate of drug-likeness (QED) is 0.529. The lowest BCUT2D eigenvalue weighted by Crippen LogP contribution is -2.38. The molecule has 0 saturated heterocycles. The number of ketones is 1. The predicted molar refractivity (Wildman–Crippen MR) is 131 cm³/mol. The molecule has 1 aliphatic heterocycles. The molecule has 1 aromatic carbocycles. The van der Waals surface area contributed by atoms with E-state index in [1.807, 2.05) is 6.92 Å². The third-order valence-electron chi connectivity index (χ3n) is 7.00. The second kappa shape index (κ2) is 8.30. The highest BCUT2D eigenvalue weighted by Crippen LogP contribution is 2.42. The number of Topliss-reactive ketones (excluding diaryl/α,β-unsaturated/α-hetero) is 1. The van der Waals surface area contributed by atoms with Crippen LogP contribution in [0.15, 0.2) is 23.0 Å². The number of thiophene rings is 1. The van der Waals surface area contributed by atoms with Gasteiger partial charge in [0.25, 0.3) is 11.5 Å². The van der Waals surface area contributed by atoms with Gasteiger partial charge in [0, 0.05) is 17.0 Å². The molecule has 0 spiro atoms. The number of hydrogen-bond donors (Lipinski definition) is 0. The highest BCUT2D eigenvalue weighted by molar-refractivity contribution is 7.18. The number of nitrogens with zero attached hydrogens (tertiary/aromatic N) is 4. The van der Waals surface area contributed by atoms with Crippen molar-refractivity contribution in [1.29, 1.82) is 0 Å². The number of rotatable bonds is 4. The van der Waals surface area contributed by atoms with Crippen LogP contribution in [0.25, 0.3) is 10.2 Å². The summed E-state index contributed by atoms with van der Waals surface area (Å²) < 4.78 is 6.64. The molecule has 1 aliphatic carbocycles. The van der Waals surface area contributed by atoms with Crippen molar-refractivity contribution in [2.75, 3.05) is 18.1 Å². The lowest BCUT2D eigenvalue weighted by Gasteiger charge is -2.33. The Hall–Kier alpha value is -3.07. The van der Waals surface area contributed by atoms with Gasteiger partial charge < -0.3 is 9.64 Å². The first-order valence-corrected chi connectivity index (χ1v) is 12.5. The molecule has 2 aromatic heterocycles. The predicted octanol–water partition coefficient (Wildman–Crippen LogP) is 3.63. The molecule has 8 nitrogen and oxygen atoms in total.